The zero-order valence-corrected chi connectivity index (χ0v) is 34.5. The molecule has 0 saturated heterocycles. The van der Waals surface area contributed by atoms with E-state index in [-0.39, 0.29) is 0 Å². The molecule has 0 N–H and O–H groups in total. The van der Waals surface area contributed by atoms with E-state index in [0.29, 0.717) is 46.4 Å². The molecule has 11 rings (SSSR count). The van der Waals surface area contributed by atoms with Crippen molar-refractivity contribution in [3.63, 3.8) is 0 Å². The Morgan fingerprint density at radius 3 is 1.21 bits per heavy atom. The van der Waals surface area contributed by atoms with Crippen molar-refractivity contribution in [3.8, 4) is 96.7 Å². The molecule has 3 atom stereocenters. The minimum atomic E-state index is 0.573. The molecule has 7 nitrogen and oxygen atoms in total. The first kappa shape index (κ1) is 38.0. The fourth-order valence-corrected chi connectivity index (χ4v) is 9.49. The molecule has 63 heavy (non-hydrogen) atoms. The number of hydrogen-bond acceptors (Lipinski definition) is 7. The Kier molecular flexibility index (Phi) is 9.95. The molecule has 9 aromatic rings. The number of fused-ring (bicyclic) bond motifs is 2. The number of nitrogens with zero attached hydrogens (tertiary/aromatic N) is 7. The van der Waals surface area contributed by atoms with Gasteiger partial charge in [-0.2, -0.15) is 5.26 Å². The smallest absolute Gasteiger partial charge is 0.164 e. The summed E-state index contributed by atoms with van der Waals surface area (Å²) in [6.07, 6.45) is 5.47. The van der Waals surface area contributed by atoms with Gasteiger partial charge in [-0.05, 0) is 89.1 Å². The van der Waals surface area contributed by atoms with Gasteiger partial charge in [0.05, 0.1) is 11.6 Å². The number of nitriles is 1. The van der Waals surface area contributed by atoms with E-state index in [1.165, 1.54) is 31.2 Å². The van der Waals surface area contributed by atoms with Crippen molar-refractivity contribution >= 4 is 0 Å². The summed E-state index contributed by atoms with van der Waals surface area (Å²) < 4.78 is 0. The van der Waals surface area contributed by atoms with Crippen LogP contribution in [-0.2, 0) is 0 Å². The molecule has 2 aromatic heterocycles. The van der Waals surface area contributed by atoms with Crippen molar-refractivity contribution in [1.82, 2.24) is 29.9 Å². The highest BCUT2D eigenvalue weighted by atomic mass is 15.0. The highest BCUT2D eigenvalue weighted by Crippen LogP contribution is 2.53. The molecule has 300 valence electrons. The van der Waals surface area contributed by atoms with Gasteiger partial charge in [0.15, 0.2) is 34.9 Å². The maximum absolute atomic E-state index is 9.44. The Hall–Kier alpha value is -7.95. The standard InChI is InChI=1S/C56H41N7/c57-35-37-10-7-15-44(31-37)38-22-26-42(27-23-38)53-58-51(40-11-3-1-4-12-40)60-55(62-53)48-18-8-16-45(33-48)46-17-9-19-49(34-46)56-61-52(41-13-5-2-6-14-41)59-54(63-56)43-28-24-39(25-29-43)50-32-36-20-21-47(50)30-36/h1-19,22-29,31,33-34,36,47,50H,20-21,30,32H2. The Labute approximate surface area is 367 Å². The minimum Gasteiger partial charge on any atom is -0.208 e. The first-order valence-corrected chi connectivity index (χ1v) is 21.7. The molecule has 2 saturated carbocycles. The van der Waals surface area contributed by atoms with E-state index in [1.807, 2.05) is 121 Å². The zero-order valence-electron chi connectivity index (χ0n) is 34.5. The van der Waals surface area contributed by atoms with E-state index < -0.39 is 0 Å². The monoisotopic (exact) mass is 811 g/mol. The molecule has 0 amide bonds. The Morgan fingerprint density at radius 2 is 0.746 bits per heavy atom. The fraction of sp³-hybridized carbons (Fsp3) is 0.125. The van der Waals surface area contributed by atoms with Gasteiger partial charge in [0.25, 0.3) is 0 Å². The Bertz CT molecular complexity index is 3140. The number of benzene rings is 7. The van der Waals surface area contributed by atoms with Gasteiger partial charge in [0.2, 0.25) is 0 Å². The van der Waals surface area contributed by atoms with Gasteiger partial charge in [-0.3, -0.25) is 0 Å². The molecule has 7 heteroatoms. The van der Waals surface area contributed by atoms with E-state index in [1.54, 1.807) is 0 Å². The van der Waals surface area contributed by atoms with Crippen molar-refractivity contribution in [1.29, 1.82) is 5.26 Å². The number of hydrogen-bond donors (Lipinski definition) is 0. The number of rotatable bonds is 9. The summed E-state index contributed by atoms with van der Waals surface area (Å²) >= 11 is 0. The van der Waals surface area contributed by atoms with Crippen LogP contribution in [0, 0.1) is 23.2 Å². The second-order valence-corrected chi connectivity index (χ2v) is 16.7. The maximum Gasteiger partial charge on any atom is 0.164 e. The van der Waals surface area contributed by atoms with Gasteiger partial charge < -0.3 is 0 Å². The Morgan fingerprint density at radius 1 is 0.349 bits per heavy atom. The largest absolute Gasteiger partial charge is 0.208 e. The third-order valence-corrected chi connectivity index (χ3v) is 12.7. The molecule has 2 aliphatic carbocycles. The van der Waals surface area contributed by atoms with Crippen LogP contribution < -0.4 is 0 Å². The van der Waals surface area contributed by atoms with Gasteiger partial charge in [-0.15, -0.1) is 0 Å². The van der Waals surface area contributed by atoms with Crippen molar-refractivity contribution in [2.24, 2.45) is 11.8 Å². The van der Waals surface area contributed by atoms with Crippen LogP contribution in [0.15, 0.2) is 182 Å². The fourth-order valence-electron chi connectivity index (χ4n) is 9.49. The molecule has 7 aromatic carbocycles. The van der Waals surface area contributed by atoms with Gasteiger partial charge >= 0.3 is 0 Å². The van der Waals surface area contributed by atoms with Crippen LogP contribution in [0.5, 0.6) is 0 Å². The first-order chi connectivity index (χ1) is 31.1. The molecule has 2 heterocycles. The molecule has 3 unspecified atom stereocenters. The van der Waals surface area contributed by atoms with Crippen molar-refractivity contribution in [3.05, 3.63) is 193 Å². The lowest BCUT2D eigenvalue weighted by Crippen LogP contribution is -2.08. The van der Waals surface area contributed by atoms with Gasteiger partial charge in [0, 0.05) is 33.4 Å². The molecular weight excluding hydrogens is 771 g/mol. The Balaban J connectivity index is 0.939. The van der Waals surface area contributed by atoms with Crippen LogP contribution in [0.1, 0.15) is 42.7 Å². The van der Waals surface area contributed by atoms with E-state index in [2.05, 4.69) is 66.7 Å². The highest BCUT2D eigenvalue weighted by Gasteiger charge is 2.40. The topological polar surface area (TPSA) is 101 Å². The second kappa shape index (κ2) is 16.5. The van der Waals surface area contributed by atoms with Crippen LogP contribution in [0.4, 0.5) is 0 Å². The van der Waals surface area contributed by atoms with Crippen LogP contribution in [0.2, 0.25) is 0 Å². The average molecular weight is 812 g/mol. The van der Waals surface area contributed by atoms with Crippen molar-refractivity contribution in [2.45, 2.75) is 31.6 Å². The van der Waals surface area contributed by atoms with Crippen LogP contribution in [-0.4, -0.2) is 29.9 Å². The molecular formula is C56H41N7. The highest BCUT2D eigenvalue weighted by molar-refractivity contribution is 5.77. The molecule has 0 spiro atoms. The van der Waals surface area contributed by atoms with Crippen molar-refractivity contribution in [2.75, 3.05) is 0 Å². The van der Waals surface area contributed by atoms with E-state index in [4.69, 9.17) is 29.9 Å². The summed E-state index contributed by atoms with van der Waals surface area (Å²) in [5.74, 6) is 6.06. The molecule has 2 aliphatic rings. The molecule has 0 aliphatic heterocycles. The minimum absolute atomic E-state index is 0.573. The molecule has 0 radical (unpaired) electrons. The maximum atomic E-state index is 9.44. The van der Waals surface area contributed by atoms with Crippen LogP contribution >= 0.6 is 0 Å². The van der Waals surface area contributed by atoms with Gasteiger partial charge in [-0.1, -0.05) is 164 Å². The summed E-state index contributed by atoms with van der Waals surface area (Å²) in [6, 6.07) is 63.8. The molecule has 2 bridgehead atoms. The lowest BCUT2D eigenvalue weighted by molar-refractivity contribution is 0.420. The summed E-state index contributed by atoms with van der Waals surface area (Å²) in [7, 11) is 0. The number of aromatic nitrogens is 6. The lowest BCUT2D eigenvalue weighted by Gasteiger charge is -2.22. The normalized spacial score (nSPS) is 16.5. The van der Waals surface area contributed by atoms with Gasteiger partial charge in [0.1, 0.15) is 0 Å². The summed E-state index contributed by atoms with van der Waals surface area (Å²) in [5, 5.41) is 9.44. The predicted octanol–water partition coefficient (Wildman–Crippen LogP) is 13.2. The zero-order chi connectivity index (χ0) is 42.1. The van der Waals surface area contributed by atoms with E-state index in [0.717, 1.165) is 67.5 Å². The average Bonchev–Trinajstić information content (AvgIpc) is 4.02. The first-order valence-electron chi connectivity index (χ1n) is 21.7. The molecule has 2 fully saturated rings. The third-order valence-electron chi connectivity index (χ3n) is 12.7. The summed E-state index contributed by atoms with van der Waals surface area (Å²) in [5.41, 5.74) is 11.5. The van der Waals surface area contributed by atoms with Gasteiger partial charge in [-0.25, -0.2) is 29.9 Å². The second-order valence-electron chi connectivity index (χ2n) is 16.7. The van der Waals surface area contributed by atoms with E-state index in [9.17, 15) is 5.26 Å². The summed E-state index contributed by atoms with van der Waals surface area (Å²) in [4.78, 5) is 30.2. The lowest BCUT2D eigenvalue weighted by atomic mass is 9.83. The van der Waals surface area contributed by atoms with Crippen molar-refractivity contribution < 1.29 is 0 Å². The van der Waals surface area contributed by atoms with E-state index >= 15 is 0 Å². The SMILES string of the molecule is N#Cc1cccc(-c2ccc(-c3nc(-c4ccccc4)nc(-c4cccc(-c5cccc(-c6nc(-c7ccccc7)nc(-c7ccc(C8CC9CCC8C9)cc7)n6)c5)c4)n3)cc2)c1. The third kappa shape index (κ3) is 7.80. The predicted molar refractivity (Wildman–Crippen MR) is 250 cm³/mol. The van der Waals surface area contributed by atoms with Crippen LogP contribution in [0.25, 0.3) is 90.6 Å². The summed E-state index contributed by atoms with van der Waals surface area (Å²) in [6.45, 7) is 0. The van der Waals surface area contributed by atoms with Crippen LogP contribution in [0.3, 0.4) is 0 Å². The quantitative estimate of drug-likeness (QED) is 0.143.